The molecule has 282 valence electrons. The van der Waals surface area contributed by atoms with Gasteiger partial charge in [0.15, 0.2) is 0 Å². The molecule has 0 aromatic rings. The van der Waals surface area contributed by atoms with E-state index in [-0.39, 0.29) is 96.2 Å². The molecule has 0 aromatic heterocycles. The van der Waals surface area contributed by atoms with Crippen molar-refractivity contribution >= 4 is 17.6 Å². The largest absolute Gasteiger partial charge is 0.381 e. The van der Waals surface area contributed by atoms with Crippen molar-refractivity contribution in [2.45, 2.75) is 38.1 Å². The number of rotatable bonds is 38. The molecule has 0 radical (unpaired) electrons. The van der Waals surface area contributed by atoms with Gasteiger partial charge in [0, 0.05) is 68.3 Å². The summed E-state index contributed by atoms with van der Waals surface area (Å²) in [4.78, 5) is 42.0. The monoisotopic (exact) mass is 705 g/mol. The number of nitrogens with two attached hydrogens (primary N) is 1. The number of nitrogens with zero attached hydrogens (tertiary/aromatic N) is 6. The van der Waals surface area contributed by atoms with Crippen LogP contribution in [-0.2, 0) is 52.3 Å². The van der Waals surface area contributed by atoms with Crippen molar-refractivity contribution in [3.8, 4) is 0 Å². The first kappa shape index (κ1) is 45.9. The van der Waals surface area contributed by atoms with Gasteiger partial charge in [0.1, 0.15) is 5.78 Å². The zero-order valence-corrected chi connectivity index (χ0v) is 28.5. The minimum Gasteiger partial charge on any atom is -0.381 e. The summed E-state index contributed by atoms with van der Waals surface area (Å²) in [6, 6.07) is -0.511. The van der Waals surface area contributed by atoms with Gasteiger partial charge in [-0.3, -0.25) is 14.4 Å². The van der Waals surface area contributed by atoms with E-state index < -0.39 is 6.04 Å². The number of nitrogens with one attached hydrogen (secondary N) is 2. The molecule has 2 amide bonds. The zero-order valence-electron chi connectivity index (χ0n) is 28.5. The minimum atomic E-state index is -0.511. The van der Waals surface area contributed by atoms with Crippen LogP contribution in [0.25, 0.3) is 20.9 Å². The molecule has 1 atom stereocenters. The third kappa shape index (κ3) is 36.0. The van der Waals surface area contributed by atoms with E-state index in [4.69, 9.17) is 54.7 Å². The summed E-state index contributed by atoms with van der Waals surface area (Å²) in [5, 5.41) is 12.3. The summed E-state index contributed by atoms with van der Waals surface area (Å²) in [6.07, 6.45) is 1.31. The fourth-order valence-electron chi connectivity index (χ4n) is 3.60. The number of ether oxygens (including phenoxy) is 8. The van der Waals surface area contributed by atoms with Crippen molar-refractivity contribution in [2.75, 3.05) is 132 Å². The Bertz CT molecular complexity index is 874. The van der Waals surface area contributed by atoms with Crippen LogP contribution in [0.1, 0.15) is 32.1 Å². The predicted octanol–water partition coefficient (Wildman–Crippen LogP) is 0.819. The van der Waals surface area contributed by atoms with Gasteiger partial charge in [-0.2, -0.15) is 0 Å². The van der Waals surface area contributed by atoms with E-state index in [1.165, 1.54) is 0 Å². The maximum atomic E-state index is 12.5. The summed E-state index contributed by atoms with van der Waals surface area (Å²) in [5.74, 6) is -0.473. The number of hydrogen-bond donors (Lipinski definition) is 3. The molecule has 20 nitrogen and oxygen atoms in total. The van der Waals surface area contributed by atoms with Crippen molar-refractivity contribution in [3.05, 3.63) is 20.9 Å². The summed E-state index contributed by atoms with van der Waals surface area (Å²) < 4.78 is 43.3. The third-order valence-corrected chi connectivity index (χ3v) is 5.96. The number of hydrogen-bond acceptors (Lipinski definition) is 14. The Morgan fingerprint density at radius 2 is 1.06 bits per heavy atom. The Labute approximate surface area is 287 Å². The van der Waals surface area contributed by atoms with Crippen LogP contribution in [0.4, 0.5) is 0 Å². The van der Waals surface area contributed by atoms with Gasteiger partial charge < -0.3 is 54.3 Å². The molecule has 0 aliphatic rings. The molecule has 4 N–H and O–H groups in total. The van der Waals surface area contributed by atoms with Crippen LogP contribution in [0.3, 0.4) is 0 Å². The van der Waals surface area contributed by atoms with Gasteiger partial charge in [0.2, 0.25) is 11.8 Å². The Morgan fingerprint density at radius 3 is 1.65 bits per heavy atom. The Balaban J connectivity index is 4.30. The van der Waals surface area contributed by atoms with Crippen LogP contribution in [0.15, 0.2) is 10.2 Å². The molecular formula is C29H55N9O11. The molecule has 1 unspecified atom stereocenters. The lowest BCUT2D eigenvalue weighted by Gasteiger charge is -2.19. The van der Waals surface area contributed by atoms with E-state index in [9.17, 15) is 14.4 Å². The second-order valence-electron chi connectivity index (χ2n) is 10.0. The highest BCUT2D eigenvalue weighted by Crippen LogP contribution is 1.99. The van der Waals surface area contributed by atoms with E-state index in [1.807, 2.05) is 0 Å². The van der Waals surface area contributed by atoms with Crippen molar-refractivity contribution < 1.29 is 52.3 Å². The predicted molar refractivity (Wildman–Crippen MR) is 177 cm³/mol. The van der Waals surface area contributed by atoms with E-state index in [0.717, 1.165) is 0 Å². The zero-order chi connectivity index (χ0) is 35.9. The maximum absolute atomic E-state index is 12.5. The highest BCUT2D eigenvalue weighted by Gasteiger charge is 2.14. The first-order valence-electron chi connectivity index (χ1n) is 16.4. The average molecular weight is 706 g/mol. The highest BCUT2D eigenvalue weighted by molar-refractivity contribution is 5.78. The van der Waals surface area contributed by atoms with E-state index in [2.05, 4.69) is 30.7 Å². The first-order valence-corrected chi connectivity index (χ1v) is 16.4. The SMILES string of the molecule is [N-]=[N+]=NCCOCCCC(=O)CCOCC(COCCC(=O)NCCOCCN=[N+]=[N-])NC(=O)CCOCCOCCOCCOCCN. The smallest absolute Gasteiger partial charge is 0.222 e. The van der Waals surface area contributed by atoms with Crippen LogP contribution < -0.4 is 16.4 Å². The van der Waals surface area contributed by atoms with Crippen molar-refractivity contribution in [3.63, 3.8) is 0 Å². The normalized spacial score (nSPS) is 11.4. The molecular weight excluding hydrogens is 650 g/mol. The molecule has 0 aliphatic heterocycles. The van der Waals surface area contributed by atoms with E-state index in [0.29, 0.717) is 85.4 Å². The molecule has 0 heterocycles. The Morgan fingerprint density at radius 1 is 0.571 bits per heavy atom. The van der Waals surface area contributed by atoms with Crippen molar-refractivity contribution in [1.82, 2.24) is 10.6 Å². The van der Waals surface area contributed by atoms with Gasteiger partial charge in [-0.25, -0.2) is 0 Å². The molecule has 0 saturated heterocycles. The number of azide groups is 2. The van der Waals surface area contributed by atoms with Crippen molar-refractivity contribution in [1.29, 1.82) is 0 Å². The molecule has 20 heteroatoms. The average Bonchev–Trinajstić information content (AvgIpc) is 3.09. The molecule has 49 heavy (non-hydrogen) atoms. The number of carbonyl (C=O) groups is 3. The fraction of sp³-hybridized carbons (Fsp3) is 0.897. The summed E-state index contributed by atoms with van der Waals surface area (Å²) in [7, 11) is 0. The van der Waals surface area contributed by atoms with Crippen LogP contribution >= 0.6 is 0 Å². The lowest BCUT2D eigenvalue weighted by atomic mass is 10.2. The van der Waals surface area contributed by atoms with Gasteiger partial charge in [-0.15, -0.1) is 0 Å². The van der Waals surface area contributed by atoms with Crippen LogP contribution in [0.5, 0.6) is 0 Å². The number of ketones is 1. The molecule has 0 fully saturated rings. The Hall–Kier alpha value is -3.13. The maximum Gasteiger partial charge on any atom is 0.222 e. The van der Waals surface area contributed by atoms with E-state index >= 15 is 0 Å². The lowest BCUT2D eigenvalue weighted by molar-refractivity contribution is -0.125. The third-order valence-electron chi connectivity index (χ3n) is 5.96. The molecule has 0 spiro atoms. The van der Waals surface area contributed by atoms with Gasteiger partial charge in [-0.05, 0) is 17.5 Å². The summed E-state index contributed by atoms with van der Waals surface area (Å²) in [5.41, 5.74) is 21.8. The topological polar surface area (TPSA) is 273 Å². The van der Waals surface area contributed by atoms with Crippen LogP contribution in [0, 0.1) is 0 Å². The quantitative estimate of drug-likeness (QED) is 0.0349. The van der Waals surface area contributed by atoms with Crippen LogP contribution in [-0.4, -0.2) is 156 Å². The second-order valence-corrected chi connectivity index (χ2v) is 10.0. The van der Waals surface area contributed by atoms with Gasteiger partial charge in [0.25, 0.3) is 0 Å². The molecule has 0 aliphatic carbocycles. The summed E-state index contributed by atoms with van der Waals surface area (Å²) >= 11 is 0. The van der Waals surface area contributed by atoms with Gasteiger partial charge in [-0.1, -0.05) is 10.2 Å². The van der Waals surface area contributed by atoms with Gasteiger partial charge in [0.05, 0.1) is 105 Å². The lowest BCUT2D eigenvalue weighted by Crippen LogP contribution is -2.42. The molecule has 0 aromatic carbocycles. The number of carbonyl (C=O) groups excluding carboxylic acids is 3. The highest BCUT2D eigenvalue weighted by atomic mass is 16.6. The number of Topliss-reactive ketones (excluding diaryl/α,β-unsaturated/α-hetero) is 1. The first-order chi connectivity index (χ1) is 24.0. The Kier molecular flexibility index (Phi) is 35.3. The van der Waals surface area contributed by atoms with Crippen molar-refractivity contribution in [2.24, 2.45) is 16.0 Å². The molecule has 0 rings (SSSR count). The summed E-state index contributed by atoms with van der Waals surface area (Å²) in [6.45, 7) is 6.18. The minimum absolute atomic E-state index is 0.0177. The molecule has 0 bridgehead atoms. The second kappa shape index (κ2) is 37.7. The molecule has 0 saturated carbocycles. The van der Waals surface area contributed by atoms with Gasteiger partial charge >= 0.3 is 0 Å². The number of amides is 2. The fourth-order valence-corrected chi connectivity index (χ4v) is 3.60. The standard InChI is InChI=1S/C29H55N9O11/c30-6-14-44-19-21-47-23-22-46-20-18-43-12-5-29(41)36-26(24-48-11-3-27(39)2-1-10-42-16-8-34-37-31)25-49-13-4-28(40)33-7-15-45-17-9-35-38-32/h26H,1-25,30H2,(H,33,40)(H,36,41). The van der Waals surface area contributed by atoms with E-state index in [1.54, 1.807) is 0 Å². The van der Waals surface area contributed by atoms with Crippen LogP contribution in [0.2, 0.25) is 0 Å².